The maximum absolute atomic E-state index is 13.2. The van der Waals surface area contributed by atoms with Gasteiger partial charge in [0.15, 0.2) is 0 Å². The van der Waals surface area contributed by atoms with Crippen LogP contribution < -0.4 is 10.6 Å². The molecule has 0 saturated heterocycles. The number of hydrogen-bond acceptors (Lipinski definition) is 4. The lowest BCUT2D eigenvalue weighted by Gasteiger charge is -2.39. The van der Waals surface area contributed by atoms with Crippen molar-refractivity contribution < 1.29 is 19.8 Å². The molecule has 0 heterocycles. The minimum atomic E-state index is -1.25. The van der Waals surface area contributed by atoms with Gasteiger partial charge in [0.25, 0.3) is 0 Å². The summed E-state index contributed by atoms with van der Waals surface area (Å²) < 4.78 is 0. The third kappa shape index (κ3) is 6.46. The first-order valence-electron chi connectivity index (χ1n) is 10.1. The summed E-state index contributed by atoms with van der Waals surface area (Å²) in [5.41, 5.74) is -3.47. The Morgan fingerprint density at radius 2 is 1.00 bits per heavy atom. The van der Waals surface area contributed by atoms with E-state index in [9.17, 15) is 19.8 Å². The minimum absolute atomic E-state index is 0.00297. The number of carbonyl (C=O) groups is 2. The quantitative estimate of drug-likeness (QED) is 0.434. The van der Waals surface area contributed by atoms with Gasteiger partial charge in [-0.3, -0.25) is 9.59 Å². The predicted molar refractivity (Wildman–Crippen MR) is 109 cm³/mol. The van der Waals surface area contributed by atoms with Crippen molar-refractivity contribution in [3.05, 3.63) is 0 Å². The fourth-order valence-electron chi connectivity index (χ4n) is 3.87. The standard InChI is InChI=1S/C21H42N2O4/c1-11-21(12-2,17(24)22-15(13(3)4)19(7,8)26)18(25)23-16(14(5)6)20(9,10)27/h13-16,26-27H,11-12H2,1-10H3,(H,22,24)(H,23,25)/t15-,16-/m0/s1. The molecule has 0 bridgehead atoms. The van der Waals surface area contributed by atoms with Crippen LogP contribution in [-0.2, 0) is 9.59 Å². The zero-order valence-corrected chi connectivity index (χ0v) is 18.9. The van der Waals surface area contributed by atoms with E-state index in [1.807, 2.05) is 41.5 Å². The van der Waals surface area contributed by atoms with E-state index < -0.39 is 28.7 Å². The lowest BCUT2D eigenvalue weighted by Crippen LogP contribution is -2.61. The van der Waals surface area contributed by atoms with Crippen LogP contribution in [0.4, 0.5) is 0 Å². The van der Waals surface area contributed by atoms with Gasteiger partial charge < -0.3 is 20.8 Å². The van der Waals surface area contributed by atoms with Crippen molar-refractivity contribution in [3.8, 4) is 0 Å². The summed E-state index contributed by atoms with van der Waals surface area (Å²) in [7, 11) is 0. The van der Waals surface area contributed by atoms with Gasteiger partial charge in [-0.2, -0.15) is 0 Å². The lowest BCUT2D eigenvalue weighted by molar-refractivity contribution is -0.148. The van der Waals surface area contributed by atoms with E-state index >= 15 is 0 Å². The van der Waals surface area contributed by atoms with Crippen LogP contribution in [0, 0.1) is 17.3 Å². The Morgan fingerprint density at radius 3 is 1.15 bits per heavy atom. The number of carbonyl (C=O) groups excluding carboxylic acids is 2. The van der Waals surface area contributed by atoms with Crippen LogP contribution in [0.5, 0.6) is 0 Å². The first-order chi connectivity index (χ1) is 12.0. The number of hydrogen-bond donors (Lipinski definition) is 4. The number of nitrogens with one attached hydrogen (secondary N) is 2. The average Bonchev–Trinajstić information content (AvgIpc) is 2.49. The van der Waals surface area contributed by atoms with E-state index in [1.165, 1.54) is 0 Å². The third-order valence-corrected chi connectivity index (χ3v) is 5.51. The molecule has 160 valence electrons. The van der Waals surface area contributed by atoms with Crippen LogP contribution in [0.3, 0.4) is 0 Å². The highest BCUT2D eigenvalue weighted by molar-refractivity contribution is 6.05. The molecule has 0 fully saturated rings. The Morgan fingerprint density at radius 1 is 0.741 bits per heavy atom. The molecule has 0 aliphatic rings. The van der Waals surface area contributed by atoms with Crippen molar-refractivity contribution in [2.24, 2.45) is 17.3 Å². The van der Waals surface area contributed by atoms with Gasteiger partial charge >= 0.3 is 0 Å². The van der Waals surface area contributed by atoms with E-state index in [0.29, 0.717) is 12.8 Å². The molecule has 2 amide bonds. The second kappa shape index (κ2) is 9.37. The van der Waals surface area contributed by atoms with Crippen LogP contribution >= 0.6 is 0 Å². The average molecular weight is 387 g/mol. The number of amides is 2. The highest BCUT2D eigenvalue weighted by Gasteiger charge is 2.46. The molecule has 6 nitrogen and oxygen atoms in total. The van der Waals surface area contributed by atoms with Gasteiger partial charge in [-0.1, -0.05) is 41.5 Å². The summed E-state index contributed by atoms with van der Waals surface area (Å²) in [5.74, 6) is -0.764. The SMILES string of the molecule is CCC(CC)(C(=O)N[C@@H](C(C)C)C(C)(C)O)C(=O)N[C@@H](C(C)C)C(C)(C)O. The topological polar surface area (TPSA) is 98.7 Å². The van der Waals surface area contributed by atoms with Crippen LogP contribution in [0.25, 0.3) is 0 Å². The van der Waals surface area contributed by atoms with Crippen LogP contribution in [0.1, 0.15) is 82.1 Å². The van der Waals surface area contributed by atoms with E-state index in [1.54, 1.807) is 27.7 Å². The first kappa shape index (κ1) is 25.9. The Hall–Kier alpha value is -1.14. The molecule has 0 aromatic heterocycles. The summed E-state index contributed by atoms with van der Waals surface area (Å²) in [6.45, 7) is 17.9. The molecule has 0 radical (unpaired) electrons. The highest BCUT2D eigenvalue weighted by Crippen LogP contribution is 2.30. The van der Waals surface area contributed by atoms with Gasteiger partial charge in [0.2, 0.25) is 11.8 Å². The summed E-state index contributed by atoms with van der Waals surface area (Å²) in [4.78, 5) is 26.4. The van der Waals surface area contributed by atoms with Crippen molar-refractivity contribution in [2.45, 2.75) is 105 Å². The van der Waals surface area contributed by atoms with Crippen molar-refractivity contribution in [1.82, 2.24) is 10.6 Å². The van der Waals surface area contributed by atoms with Crippen LogP contribution in [0.2, 0.25) is 0 Å². The molecular weight excluding hydrogens is 344 g/mol. The van der Waals surface area contributed by atoms with Gasteiger partial charge in [0.1, 0.15) is 5.41 Å². The number of aliphatic hydroxyl groups is 2. The smallest absolute Gasteiger partial charge is 0.235 e. The van der Waals surface area contributed by atoms with E-state index in [-0.39, 0.29) is 23.7 Å². The van der Waals surface area contributed by atoms with E-state index in [4.69, 9.17) is 0 Å². The summed E-state index contributed by atoms with van der Waals surface area (Å²) in [6.07, 6.45) is 0.656. The molecular formula is C21H42N2O4. The van der Waals surface area contributed by atoms with Crippen molar-refractivity contribution in [2.75, 3.05) is 0 Å². The summed E-state index contributed by atoms with van der Waals surface area (Å²) >= 11 is 0. The maximum atomic E-state index is 13.2. The zero-order valence-electron chi connectivity index (χ0n) is 18.9. The molecule has 0 aromatic rings. The summed E-state index contributed by atoms with van der Waals surface area (Å²) in [5, 5.41) is 26.7. The summed E-state index contributed by atoms with van der Waals surface area (Å²) in [6, 6.07) is -0.962. The lowest BCUT2D eigenvalue weighted by atomic mass is 9.78. The van der Waals surface area contributed by atoms with E-state index in [2.05, 4.69) is 10.6 Å². The molecule has 2 atom stereocenters. The Balaban J connectivity index is 5.76. The zero-order chi connectivity index (χ0) is 21.8. The predicted octanol–water partition coefficient (Wildman–Crippen LogP) is 2.62. The van der Waals surface area contributed by atoms with Gasteiger partial charge in [-0.05, 0) is 52.4 Å². The molecule has 0 rings (SSSR count). The van der Waals surface area contributed by atoms with Gasteiger partial charge in [0.05, 0.1) is 23.3 Å². The highest BCUT2D eigenvalue weighted by atomic mass is 16.3. The van der Waals surface area contributed by atoms with Crippen LogP contribution in [0.15, 0.2) is 0 Å². The van der Waals surface area contributed by atoms with Gasteiger partial charge in [-0.15, -0.1) is 0 Å². The van der Waals surface area contributed by atoms with E-state index in [0.717, 1.165) is 0 Å². The second-order valence-electron chi connectivity index (χ2n) is 9.49. The van der Waals surface area contributed by atoms with Crippen molar-refractivity contribution in [3.63, 3.8) is 0 Å². The molecule has 6 heteroatoms. The normalized spacial score (nSPS) is 15.6. The molecule has 0 spiro atoms. The molecule has 0 saturated carbocycles. The Kier molecular flexibility index (Phi) is 8.98. The van der Waals surface area contributed by atoms with Gasteiger partial charge in [0, 0.05) is 0 Å². The van der Waals surface area contributed by atoms with Crippen molar-refractivity contribution in [1.29, 1.82) is 0 Å². The Labute approximate surface area is 165 Å². The largest absolute Gasteiger partial charge is 0.388 e. The molecule has 0 unspecified atom stereocenters. The first-order valence-corrected chi connectivity index (χ1v) is 10.1. The van der Waals surface area contributed by atoms with Crippen molar-refractivity contribution >= 4 is 11.8 Å². The van der Waals surface area contributed by atoms with Gasteiger partial charge in [-0.25, -0.2) is 0 Å². The fraction of sp³-hybridized carbons (Fsp3) is 0.905. The second-order valence-corrected chi connectivity index (χ2v) is 9.49. The molecule has 0 aliphatic carbocycles. The Bertz CT molecular complexity index is 455. The monoisotopic (exact) mass is 386 g/mol. The fourth-order valence-corrected chi connectivity index (χ4v) is 3.87. The molecule has 27 heavy (non-hydrogen) atoms. The number of rotatable bonds is 10. The molecule has 0 aliphatic heterocycles. The molecule has 4 N–H and O–H groups in total. The minimum Gasteiger partial charge on any atom is -0.388 e. The molecule has 0 aromatic carbocycles. The maximum Gasteiger partial charge on any atom is 0.235 e. The third-order valence-electron chi connectivity index (χ3n) is 5.51. The van der Waals surface area contributed by atoms with Crippen LogP contribution in [-0.4, -0.2) is 45.3 Å².